The average Bonchev–Trinajstić information content (AvgIpc) is 3.35. The summed E-state index contributed by atoms with van der Waals surface area (Å²) in [5, 5.41) is 14.4. The smallest absolute Gasteiger partial charge is 0.308 e. The molecule has 0 aliphatic carbocycles. The molecule has 3 atom stereocenters. The predicted octanol–water partition coefficient (Wildman–Crippen LogP) is 8.30. The number of ether oxygens (including phenoxy) is 3. The Hall–Kier alpha value is -4.31. The number of carbonyl (C=O) groups is 2. The van der Waals surface area contributed by atoms with Crippen LogP contribution < -0.4 is 5.32 Å². The number of rotatable bonds is 10. The monoisotopic (exact) mass is 656 g/mol. The van der Waals surface area contributed by atoms with E-state index in [1.54, 1.807) is 31.2 Å². The maximum absolute atomic E-state index is 14.2. The number of anilines is 1. The Kier molecular flexibility index (Phi) is 10.5. The number of halogens is 1. The van der Waals surface area contributed by atoms with Gasteiger partial charge in [0, 0.05) is 24.2 Å². The van der Waals surface area contributed by atoms with Crippen molar-refractivity contribution in [2.24, 2.45) is 0 Å². The molecule has 1 amide bonds. The lowest BCUT2D eigenvalue weighted by Gasteiger charge is -2.41. The van der Waals surface area contributed by atoms with E-state index in [0.717, 1.165) is 5.56 Å². The first-order valence-corrected chi connectivity index (χ1v) is 16.4. The number of nitrogens with one attached hydrogen (secondary N) is 1. The minimum Gasteiger partial charge on any atom is -0.460 e. The number of hydrogen-bond acceptors (Lipinski definition) is 6. The van der Waals surface area contributed by atoms with Gasteiger partial charge in [-0.05, 0) is 95.5 Å². The van der Waals surface area contributed by atoms with Crippen molar-refractivity contribution in [3.8, 4) is 22.4 Å². The molecule has 1 aliphatic rings. The predicted molar refractivity (Wildman–Crippen MR) is 184 cm³/mol. The van der Waals surface area contributed by atoms with Crippen molar-refractivity contribution in [1.82, 2.24) is 4.57 Å². The summed E-state index contributed by atoms with van der Waals surface area (Å²) in [5.41, 5.74) is 3.52. The molecule has 8 nitrogen and oxygen atoms in total. The van der Waals surface area contributed by atoms with E-state index < -0.39 is 23.6 Å². The molecule has 0 radical (unpaired) electrons. The molecule has 2 N–H and O–H groups in total. The molecule has 3 aromatic carbocycles. The number of esters is 1. The van der Waals surface area contributed by atoms with Crippen LogP contribution in [-0.2, 0) is 25.5 Å². The molecule has 1 aromatic heterocycles. The fourth-order valence-corrected chi connectivity index (χ4v) is 6.41. The van der Waals surface area contributed by atoms with Gasteiger partial charge in [-0.25, -0.2) is 4.39 Å². The molecule has 9 heteroatoms. The van der Waals surface area contributed by atoms with Gasteiger partial charge in [0.15, 0.2) is 5.79 Å². The fourth-order valence-electron chi connectivity index (χ4n) is 6.41. The first-order valence-electron chi connectivity index (χ1n) is 16.4. The van der Waals surface area contributed by atoms with E-state index >= 15 is 0 Å². The average molecular weight is 657 g/mol. The largest absolute Gasteiger partial charge is 0.460 e. The number of para-hydroxylation sites is 1. The van der Waals surface area contributed by atoms with E-state index in [1.165, 1.54) is 12.1 Å². The van der Waals surface area contributed by atoms with E-state index in [-0.39, 0.29) is 30.2 Å². The molecule has 1 aliphatic heterocycles. The van der Waals surface area contributed by atoms with Gasteiger partial charge in [0.1, 0.15) is 11.4 Å². The second kappa shape index (κ2) is 14.4. The Bertz CT molecular complexity index is 1710. The van der Waals surface area contributed by atoms with Gasteiger partial charge in [0.2, 0.25) is 0 Å². The van der Waals surface area contributed by atoms with Crippen molar-refractivity contribution in [2.45, 2.75) is 97.0 Å². The summed E-state index contributed by atoms with van der Waals surface area (Å²) in [5.74, 6) is -2.05. The zero-order chi connectivity index (χ0) is 34.6. The highest BCUT2D eigenvalue weighted by molar-refractivity contribution is 6.12. The molecular weight excluding hydrogens is 611 g/mol. The molecule has 1 saturated heterocycles. The number of aliphatic hydroxyl groups excluding tert-OH is 1. The zero-order valence-electron chi connectivity index (χ0n) is 28.5. The molecule has 3 unspecified atom stereocenters. The maximum Gasteiger partial charge on any atom is 0.308 e. The Morgan fingerprint density at radius 2 is 1.56 bits per heavy atom. The Morgan fingerprint density at radius 1 is 0.958 bits per heavy atom. The maximum atomic E-state index is 14.2. The van der Waals surface area contributed by atoms with Crippen LogP contribution in [0, 0.1) is 5.82 Å². The highest BCUT2D eigenvalue weighted by atomic mass is 19.1. The Labute approximate surface area is 281 Å². The van der Waals surface area contributed by atoms with Crippen molar-refractivity contribution in [3.63, 3.8) is 0 Å². The third-order valence-electron chi connectivity index (χ3n) is 8.05. The lowest BCUT2D eigenvalue weighted by molar-refractivity contribution is -0.301. The van der Waals surface area contributed by atoms with E-state index in [4.69, 9.17) is 14.2 Å². The highest BCUT2D eigenvalue weighted by Crippen LogP contribution is 2.43. The minimum atomic E-state index is -1.04. The van der Waals surface area contributed by atoms with E-state index in [9.17, 15) is 19.1 Å². The topological polar surface area (TPSA) is 99.0 Å². The number of amides is 1. The summed E-state index contributed by atoms with van der Waals surface area (Å²) in [6.07, 6.45) is -0.747. The molecular formula is C39H45FN2O6. The normalized spacial score (nSPS) is 18.2. The molecule has 0 saturated carbocycles. The van der Waals surface area contributed by atoms with Gasteiger partial charge in [-0.2, -0.15) is 0 Å². The minimum absolute atomic E-state index is 0.0891. The van der Waals surface area contributed by atoms with Crippen LogP contribution in [0.4, 0.5) is 10.1 Å². The second-order valence-corrected chi connectivity index (χ2v) is 13.7. The van der Waals surface area contributed by atoms with Gasteiger partial charge in [-0.1, -0.05) is 48.5 Å². The van der Waals surface area contributed by atoms with Crippen LogP contribution in [0.2, 0.25) is 0 Å². The molecule has 0 bridgehead atoms. The van der Waals surface area contributed by atoms with Crippen LogP contribution in [0.5, 0.6) is 0 Å². The number of benzene rings is 3. The third-order valence-corrected chi connectivity index (χ3v) is 8.05. The van der Waals surface area contributed by atoms with Crippen molar-refractivity contribution in [1.29, 1.82) is 0 Å². The van der Waals surface area contributed by atoms with Crippen molar-refractivity contribution >= 4 is 17.6 Å². The standard InChI is InChI=1S/C39H45FN2O6/c1-25(43)35-34(37(45)41-29-15-11-8-12-16-29)33(26-13-9-7-10-14-26)36(27-17-19-28(40)20-18-27)42(35)22-21-30-23-31(47-39(5,6)46-30)24-32(44)48-38(2,3)4/h7-20,25,30-31,43H,21-24H2,1-6H3,(H,41,45). The quantitative estimate of drug-likeness (QED) is 0.167. The summed E-state index contributed by atoms with van der Waals surface area (Å²) in [6, 6.07) is 24.8. The number of hydrogen-bond donors (Lipinski definition) is 2. The van der Waals surface area contributed by atoms with Crippen molar-refractivity contribution < 1.29 is 33.3 Å². The van der Waals surface area contributed by atoms with Crippen LogP contribution in [0.1, 0.15) is 83.0 Å². The first kappa shape index (κ1) is 35.0. The lowest BCUT2D eigenvalue weighted by Crippen LogP contribution is -2.46. The zero-order valence-corrected chi connectivity index (χ0v) is 28.5. The van der Waals surface area contributed by atoms with Gasteiger partial charge in [0.25, 0.3) is 5.91 Å². The molecule has 0 spiro atoms. The van der Waals surface area contributed by atoms with Gasteiger partial charge < -0.3 is 29.2 Å². The van der Waals surface area contributed by atoms with E-state index in [0.29, 0.717) is 53.2 Å². The summed E-state index contributed by atoms with van der Waals surface area (Å²) in [6.45, 7) is 11.1. The molecule has 48 heavy (non-hydrogen) atoms. The summed E-state index contributed by atoms with van der Waals surface area (Å²) < 4.78 is 34.2. The third kappa shape index (κ3) is 8.58. The first-order chi connectivity index (χ1) is 22.7. The molecule has 2 heterocycles. The van der Waals surface area contributed by atoms with E-state index in [2.05, 4.69) is 5.32 Å². The highest BCUT2D eigenvalue weighted by Gasteiger charge is 2.38. The second-order valence-electron chi connectivity index (χ2n) is 13.7. The fraction of sp³-hybridized carbons (Fsp3) is 0.385. The van der Waals surface area contributed by atoms with Crippen LogP contribution in [0.25, 0.3) is 22.4 Å². The number of aromatic nitrogens is 1. The number of aliphatic hydroxyl groups is 1. The molecule has 1 fully saturated rings. The Morgan fingerprint density at radius 3 is 2.17 bits per heavy atom. The lowest BCUT2D eigenvalue weighted by atomic mass is 9.95. The van der Waals surface area contributed by atoms with Gasteiger partial charge >= 0.3 is 5.97 Å². The summed E-state index contributed by atoms with van der Waals surface area (Å²) in [4.78, 5) is 26.9. The molecule has 254 valence electrons. The van der Waals surface area contributed by atoms with Crippen molar-refractivity contribution in [2.75, 3.05) is 5.32 Å². The number of carbonyl (C=O) groups excluding carboxylic acids is 2. The SMILES string of the molecule is CC(O)c1c(C(=O)Nc2ccccc2)c(-c2ccccc2)c(-c2ccc(F)cc2)n1CCC1CC(CC(=O)OC(C)(C)C)OC(C)(C)O1. The van der Waals surface area contributed by atoms with Crippen molar-refractivity contribution in [3.05, 3.63) is 102 Å². The number of nitrogens with zero attached hydrogens (tertiary/aromatic N) is 1. The van der Waals surface area contributed by atoms with E-state index in [1.807, 2.05) is 87.7 Å². The van der Waals surface area contributed by atoms with Gasteiger partial charge in [0.05, 0.1) is 41.7 Å². The molecule has 4 aromatic rings. The van der Waals surface area contributed by atoms with Crippen LogP contribution in [0.15, 0.2) is 84.9 Å². The summed E-state index contributed by atoms with van der Waals surface area (Å²) in [7, 11) is 0. The van der Waals surface area contributed by atoms with Crippen LogP contribution >= 0.6 is 0 Å². The molecule has 5 rings (SSSR count). The van der Waals surface area contributed by atoms with Crippen LogP contribution in [-0.4, -0.2) is 45.1 Å². The Balaban J connectivity index is 1.59. The van der Waals surface area contributed by atoms with Gasteiger partial charge in [-0.3, -0.25) is 9.59 Å². The van der Waals surface area contributed by atoms with Crippen LogP contribution in [0.3, 0.4) is 0 Å². The summed E-state index contributed by atoms with van der Waals surface area (Å²) >= 11 is 0. The van der Waals surface area contributed by atoms with Gasteiger partial charge in [-0.15, -0.1) is 0 Å².